The zero-order chi connectivity index (χ0) is 14.8. The predicted molar refractivity (Wildman–Crippen MR) is 89.4 cm³/mol. The van der Waals surface area contributed by atoms with Crippen LogP contribution in [0.5, 0.6) is 0 Å². The van der Waals surface area contributed by atoms with E-state index in [1.807, 2.05) is 11.3 Å². The summed E-state index contributed by atoms with van der Waals surface area (Å²) < 4.78 is 5.99. The number of aryl methyl sites for hydroxylation is 1. The third-order valence-corrected chi connectivity index (χ3v) is 4.70. The highest BCUT2D eigenvalue weighted by Gasteiger charge is 2.08. The largest absolute Gasteiger partial charge is 0.374 e. The van der Waals surface area contributed by atoms with Crippen LogP contribution in [0.4, 0.5) is 0 Å². The monoisotopic (exact) mass is 297 g/mol. The van der Waals surface area contributed by atoms with Crippen molar-refractivity contribution in [2.75, 3.05) is 6.54 Å². The quantitative estimate of drug-likeness (QED) is 0.578. The van der Waals surface area contributed by atoms with E-state index in [-0.39, 0.29) is 0 Å². The Morgan fingerprint density at radius 2 is 2.05 bits per heavy atom. The van der Waals surface area contributed by atoms with Crippen molar-refractivity contribution < 1.29 is 4.74 Å². The van der Waals surface area contributed by atoms with E-state index in [1.165, 1.54) is 47.4 Å². The SMILES string of the molecule is CCCCCCC(C)OCc1cc(CNCC)sc1C. The van der Waals surface area contributed by atoms with E-state index >= 15 is 0 Å². The minimum absolute atomic E-state index is 0.378. The van der Waals surface area contributed by atoms with Gasteiger partial charge >= 0.3 is 0 Å². The van der Waals surface area contributed by atoms with Crippen LogP contribution in [0.2, 0.25) is 0 Å². The van der Waals surface area contributed by atoms with Crippen molar-refractivity contribution in [3.05, 3.63) is 21.4 Å². The molecular formula is C17H31NOS. The Hall–Kier alpha value is -0.380. The van der Waals surface area contributed by atoms with Crippen molar-refractivity contribution in [1.82, 2.24) is 5.32 Å². The molecule has 1 aromatic rings. The molecule has 0 spiro atoms. The summed E-state index contributed by atoms with van der Waals surface area (Å²) in [5.74, 6) is 0. The standard InChI is InChI=1S/C17H31NOS/c1-5-7-8-9-10-14(3)19-13-16-11-17(12-18-6-2)20-15(16)4/h11,14,18H,5-10,12-13H2,1-4H3. The second-order valence-corrected chi connectivity index (χ2v) is 6.89. The van der Waals surface area contributed by atoms with Crippen molar-refractivity contribution in [2.45, 2.75) is 79.1 Å². The summed E-state index contributed by atoms with van der Waals surface area (Å²) in [6.07, 6.45) is 6.86. The molecule has 0 aliphatic carbocycles. The Labute approximate surface area is 128 Å². The fraction of sp³-hybridized carbons (Fsp3) is 0.765. The van der Waals surface area contributed by atoms with Gasteiger partial charge < -0.3 is 10.1 Å². The van der Waals surface area contributed by atoms with Gasteiger partial charge in [-0.15, -0.1) is 11.3 Å². The van der Waals surface area contributed by atoms with Crippen LogP contribution in [0.15, 0.2) is 6.07 Å². The van der Waals surface area contributed by atoms with Gasteiger partial charge in [-0.3, -0.25) is 0 Å². The maximum absolute atomic E-state index is 5.99. The second-order valence-electron chi connectivity index (χ2n) is 5.55. The van der Waals surface area contributed by atoms with E-state index in [2.05, 4.69) is 39.1 Å². The van der Waals surface area contributed by atoms with E-state index < -0.39 is 0 Å². The van der Waals surface area contributed by atoms with Gasteiger partial charge in [0, 0.05) is 16.3 Å². The number of rotatable bonds is 11. The van der Waals surface area contributed by atoms with Gasteiger partial charge in [0.1, 0.15) is 0 Å². The molecule has 1 rings (SSSR count). The van der Waals surface area contributed by atoms with Gasteiger partial charge in [-0.2, -0.15) is 0 Å². The Kier molecular flexibility index (Phi) is 9.16. The maximum atomic E-state index is 5.99. The minimum Gasteiger partial charge on any atom is -0.374 e. The summed E-state index contributed by atoms with van der Waals surface area (Å²) in [5.41, 5.74) is 1.36. The van der Waals surface area contributed by atoms with Crippen LogP contribution in [0.25, 0.3) is 0 Å². The molecule has 1 aromatic heterocycles. The first-order valence-electron chi connectivity index (χ1n) is 8.07. The lowest BCUT2D eigenvalue weighted by Crippen LogP contribution is -2.10. The average Bonchev–Trinajstić information content (AvgIpc) is 2.79. The van der Waals surface area contributed by atoms with Crippen molar-refractivity contribution >= 4 is 11.3 Å². The molecule has 1 heterocycles. The first-order chi connectivity index (χ1) is 9.67. The van der Waals surface area contributed by atoms with Gasteiger partial charge in [-0.05, 0) is 38.4 Å². The molecule has 0 bridgehead atoms. The molecule has 1 atom stereocenters. The number of hydrogen-bond donors (Lipinski definition) is 1. The fourth-order valence-electron chi connectivity index (χ4n) is 2.24. The molecule has 0 radical (unpaired) electrons. The van der Waals surface area contributed by atoms with Gasteiger partial charge in [0.2, 0.25) is 0 Å². The topological polar surface area (TPSA) is 21.3 Å². The Morgan fingerprint density at radius 3 is 2.75 bits per heavy atom. The molecule has 0 aliphatic heterocycles. The highest BCUT2D eigenvalue weighted by molar-refractivity contribution is 7.12. The number of unbranched alkanes of at least 4 members (excludes halogenated alkanes) is 3. The summed E-state index contributed by atoms with van der Waals surface area (Å²) in [6.45, 7) is 11.6. The molecule has 0 aromatic carbocycles. The van der Waals surface area contributed by atoms with Crippen LogP contribution in [-0.2, 0) is 17.9 Å². The van der Waals surface area contributed by atoms with Gasteiger partial charge in [0.05, 0.1) is 12.7 Å². The smallest absolute Gasteiger partial charge is 0.0731 e. The lowest BCUT2D eigenvalue weighted by molar-refractivity contribution is 0.0458. The lowest BCUT2D eigenvalue weighted by atomic mass is 10.1. The van der Waals surface area contributed by atoms with E-state index in [0.717, 1.165) is 19.7 Å². The van der Waals surface area contributed by atoms with Crippen LogP contribution in [0, 0.1) is 6.92 Å². The molecule has 0 amide bonds. The fourth-order valence-corrected chi connectivity index (χ4v) is 3.26. The van der Waals surface area contributed by atoms with Gasteiger partial charge in [0.15, 0.2) is 0 Å². The van der Waals surface area contributed by atoms with Crippen molar-refractivity contribution in [1.29, 1.82) is 0 Å². The molecule has 1 N–H and O–H groups in total. The number of nitrogens with one attached hydrogen (secondary N) is 1. The van der Waals surface area contributed by atoms with Crippen molar-refractivity contribution in [3.63, 3.8) is 0 Å². The van der Waals surface area contributed by atoms with Crippen LogP contribution < -0.4 is 5.32 Å². The minimum atomic E-state index is 0.378. The molecule has 0 aliphatic rings. The summed E-state index contributed by atoms with van der Waals surface area (Å²) in [4.78, 5) is 2.81. The third-order valence-electron chi connectivity index (χ3n) is 3.61. The summed E-state index contributed by atoms with van der Waals surface area (Å²) >= 11 is 1.89. The molecule has 0 saturated carbocycles. The molecule has 116 valence electrons. The first-order valence-corrected chi connectivity index (χ1v) is 8.89. The Bertz CT molecular complexity index is 362. The van der Waals surface area contributed by atoms with E-state index in [9.17, 15) is 0 Å². The summed E-state index contributed by atoms with van der Waals surface area (Å²) in [7, 11) is 0. The number of thiophene rings is 1. The normalized spacial score (nSPS) is 12.8. The van der Waals surface area contributed by atoms with E-state index in [4.69, 9.17) is 4.74 Å². The van der Waals surface area contributed by atoms with Crippen LogP contribution in [0.1, 0.15) is 68.2 Å². The van der Waals surface area contributed by atoms with Crippen molar-refractivity contribution in [3.8, 4) is 0 Å². The van der Waals surface area contributed by atoms with Gasteiger partial charge in [-0.1, -0.05) is 39.5 Å². The molecule has 20 heavy (non-hydrogen) atoms. The molecular weight excluding hydrogens is 266 g/mol. The average molecular weight is 298 g/mol. The van der Waals surface area contributed by atoms with Crippen molar-refractivity contribution in [2.24, 2.45) is 0 Å². The van der Waals surface area contributed by atoms with Crippen LogP contribution in [-0.4, -0.2) is 12.6 Å². The lowest BCUT2D eigenvalue weighted by Gasteiger charge is -2.12. The number of ether oxygens (including phenoxy) is 1. The van der Waals surface area contributed by atoms with Crippen LogP contribution in [0.3, 0.4) is 0 Å². The molecule has 3 heteroatoms. The predicted octanol–water partition coefficient (Wildman–Crippen LogP) is 5.04. The summed E-state index contributed by atoms with van der Waals surface area (Å²) in [5, 5.41) is 3.38. The Morgan fingerprint density at radius 1 is 1.25 bits per heavy atom. The highest BCUT2D eigenvalue weighted by atomic mass is 32.1. The highest BCUT2D eigenvalue weighted by Crippen LogP contribution is 2.23. The second kappa shape index (κ2) is 10.4. The first kappa shape index (κ1) is 17.7. The molecule has 0 saturated heterocycles. The van der Waals surface area contributed by atoms with Gasteiger partial charge in [0.25, 0.3) is 0 Å². The van der Waals surface area contributed by atoms with Gasteiger partial charge in [-0.25, -0.2) is 0 Å². The Balaban J connectivity index is 2.28. The van der Waals surface area contributed by atoms with Crippen LogP contribution >= 0.6 is 11.3 Å². The molecule has 2 nitrogen and oxygen atoms in total. The summed E-state index contributed by atoms with van der Waals surface area (Å²) in [6, 6.07) is 2.30. The molecule has 0 fully saturated rings. The van der Waals surface area contributed by atoms with E-state index in [1.54, 1.807) is 0 Å². The third kappa shape index (κ3) is 6.87. The maximum Gasteiger partial charge on any atom is 0.0731 e. The number of hydrogen-bond acceptors (Lipinski definition) is 3. The zero-order valence-electron chi connectivity index (χ0n) is 13.6. The zero-order valence-corrected chi connectivity index (χ0v) is 14.4. The molecule has 1 unspecified atom stereocenters. The van der Waals surface area contributed by atoms with E-state index in [0.29, 0.717) is 6.10 Å².